The first-order valence-corrected chi connectivity index (χ1v) is 9.84. The maximum absolute atomic E-state index is 12.9. The molecule has 0 fully saturated rings. The maximum Gasteiger partial charge on any atom is 0.409 e. The number of halogens is 4. The second-order valence-corrected chi connectivity index (χ2v) is 10.6. The van der Waals surface area contributed by atoms with Crippen LogP contribution in [0.25, 0.3) is 5.20 Å². The van der Waals surface area contributed by atoms with E-state index in [-0.39, 0.29) is 0 Å². The highest BCUT2D eigenvalue weighted by Crippen LogP contribution is 2.38. The first kappa shape index (κ1) is 17.3. The van der Waals surface area contributed by atoms with Crippen molar-refractivity contribution in [3.63, 3.8) is 0 Å². The predicted octanol–water partition coefficient (Wildman–Crippen LogP) is 6.33. The van der Waals surface area contributed by atoms with Gasteiger partial charge in [-0.15, -0.1) is 0 Å². The Balaban J connectivity index is 3.47. The maximum atomic E-state index is 12.9. The summed E-state index contributed by atoms with van der Waals surface area (Å²) in [7, 11) is -2.14. The standard InChI is InChI=1S/C15H20ClF3Si/c1-4-20(5-2,6-3)14(11-15(17,18)19)12-8-7-9-13(16)10-12/h7-11H,4-6H2,1-3H3/b14-11+. The lowest BCUT2D eigenvalue weighted by atomic mass is 10.2. The third kappa shape index (κ3) is 4.12. The van der Waals surface area contributed by atoms with Crippen molar-refractivity contribution in [3.8, 4) is 0 Å². The summed E-state index contributed by atoms with van der Waals surface area (Å²) in [4.78, 5) is 0. The molecule has 0 unspecified atom stereocenters. The van der Waals surface area contributed by atoms with Crippen LogP contribution in [-0.2, 0) is 0 Å². The summed E-state index contributed by atoms with van der Waals surface area (Å²) in [6.07, 6.45) is -3.79. The molecule has 0 saturated carbocycles. The molecule has 0 aromatic heterocycles. The van der Waals surface area contributed by atoms with Crippen LogP contribution >= 0.6 is 11.6 Å². The molecule has 0 saturated heterocycles. The number of hydrogen-bond acceptors (Lipinski definition) is 0. The zero-order valence-electron chi connectivity index (χ0n) is 12.0. The average Bonchev–Trinajstić information content (AvgIpc) is 2.39. The third-order valence-corrected chi connectivity index (χ3v) is 9.92. The minimum Gasteiger partial charge on any atom is -0.167 e. The van der Waals surface area contributed by atoms with E-state index < -0.39 is 14.3 Å². The minimum atomic E-state index is -4.30. The van der Waals surface area contributed by atoms with Gasteiger partial charge in [0, 0.05) is 11.1 Å². The van der Waals surface area contributed by atoms with E-state index >= 15 is 0 Å². The summed E-state index contributed by atoms with van der Waals surface area (Å²) in [6.45, 7) is 5.98. The zero-order valence-corrected chi connectivity index (χ0v) is 13.8. The normalized spacial score (nSPS) is 13.7. The molecule has 5 heteroatoms. The second kappa shape index (κ2) is 6.81. The van der Waals surface area contributed by atoms with E-state index in [1.165, 1.54) is 0 Å². The lowest BCUT2D eigenvalue weighted by Crippen LogP contribution is -2.34. The number of benzene rings is 1. The first-order valence-electron chi connectivity index (χ1n) is 6.84. The highest BCUT2D eigenvalue weighted by Gasteiger charge is 2.36. The highest BCUT2D eigenvalue weighted by atomic mass is 35.5. The Hall–Kier alpha value is -0.743. The lowest BCUT2D eigenvalue weighted by Gasteiger charge is -2.32. The van der Waals surface area contributed by atoms with E-state index in [4.69, 9.17) is 11.6 Å². The molecule has 0 amide bonds. The predicted molar refractivity (Wildman–Crippen MR) is 82.7 cm³/mol. The van der Waals surface area contributed by atoms with Crippen LogP contribution in [0.2, 0.25) is 23.2 Å². The van der Waals surface area contributed by atoms with Gasteiger partial charge in [0.25, 0.3) is 0 Å². The zero-order chi connectivity index (χ0) is 15.4. The molecule has 0 radical (unpaired) electrons. The molecule has 0 aliphatic heterocycles. The van der Waals surface area contributed by atoms with Crippen molar-refractivity contribution in [2.75, 3.05) is 0 Å². The molecular weight excluding hydrogens is 301 g/mol. The van der Waals surface area contributed by atoms with Crippen molar-refractivity contribution >= 4 is 24.9 Å². The van der Waals surface area contributed by atoms with Gasteiger partial charge in [-0.25, -0.2) is 0 Å². The Morgan fingerprint density at radius 3 is 2.10 bits per heavy atom. The molecular formula is C15H20ClF3Si. The van der Waals surface area contributed by atoms with Crippen LogP contribution in [0.3, 0.4) is 0 Å². The molecule has 0 N–H and O–H groups in total. The van der Waals surface area contributed by atoms with E-state index in [1.807, 2.05) is 20.8 Å². The summed E-state index contributed by atoms with van der Waals surface area (Å²) in [5.41, 5.74) is 0.618. The number of alkyl halides is 3. The highest BCUT2D eigenvalue weighted by molar-refractivity contribution is 6.96. The number of allylic oxidation sites excluding steroid dienone is 1. The quantitative estimate of drug-likeness (QED) is 0.556. The molecule has 1 rings (SSSR count). The summed E-state index contributed by atoms with van der Waals surface area (Å²) in [5.74, 6) is 0. The topological polar surface area (TPSA) is 0 Å². The van der Waals surface area contributed by atoms with Gasteiger partial charge in [-0.1, -0.05) is 62.6 Å². The van der Waals surface area contributed by atoms with Crippen LogP contribution < -0.4 is 0 Å². The molecule has 0 nitrogen and oxygen atoms in total. The van der Waals surface area contributed by atoms with Gasteiger partial charge in [0.05, 0.1) is 8.07 Å². The fourth-order valence-corrected chi connectivity index (χ4v) is 6.75. The smallest absolute Gasteiger partial charge is 0.167 e. The Morgan fingerprint density at radius 2 is 1.70 bits per heavy atom. The second-order valence-electron chi connectivity index (χ2n) is 4.95. The molecule has 1 aromatic carbocycles. The van der Waals surface area contributed by atoms with Gasteiger partial charge in [-0.05, 0) is 22.9 Å². The lowest BCUT2D eigenvalue weighted by molar-refractivity contribution is -0.0792. The fraction of sp³-hybridized carbons (Fsp3) is 0.467. The van der Waals surface area contributed by atoms with E-state index in [0.717, 1.165) is 18.1 Å². The third-order valence-electron chi connectivity index (χ3n) is 4.05. The van der Waals surface area contributed by atoms with Gasteiger partial charge >= 0.3 is 6.18 Å². The van der Waals surface area contributed by atoms with Gasteiger partial charge in [-0.2, -0.15) is 13.2 Å². The molecule has 0 atom stereocenters. The van der Waals surface area contributed by atoms with Crippen molar-refractivity contribution in [3.05, 3.63) is 40.9 Å². The monoisotopic (exact) mass is 320 g/mol. The average molecular weight is 321 g/mol. The largest absolute Gasteiger partial charge is 0.409 e. The summed E-state index contributed by atoms with van der Waals surface area (Å²) in [5, 5.41) is 0.946. The van der Waals surface area contributed by atoms with Gasteiger partial charge in [0.1, 0.15) is 0 Å². The van der Waals surface area contributed by atoms with Crippen molar-refractivity contribution in [2.45, 2.75) is 45.1 Å². The van der Waals surface area contributed by atoms with Gasteiger partial charge < -0.3 is 0 Å². The van der Waals surface area contributed by atoms with Crippen LogP contribution in [-0.4, -0.2) is 14.3 Å². The molecule has 1 aromatic rings. The van der Waals surface area contributed by atoms with Gasteiger partial charge in [-0.3, -0.25) is 0 Å². The van der Waals surface area contributed by atoms with Crippen molar-refractivity contribution in [1.29, 1.82) is 0 Å². The van der Waals surface area contributed by atoms with Crippen LogP contribution in [0.5, 0.6) is 0 Å². The van der Waals surface area contributed by atoms with Crippen molar-refractivity contribution in [2.24, 2.45) is 0 Å². The summed E-state index contributed by atoms with van der Waals surface area (Å²) in [6, 6.07) is 9.16. The molecule has 0 aliphatic carbocycles. The van der Waals surface area contributed by atoms with Crippen LogP contribution in [0.4, 0.5) is 13.2 Å². The van der Waals surface area contributed by atoms with Crippen molar-refractivity contribution in [1.82, 2.24) is 0 Å². The van der Waals surface area contributed by atoms with Gasteiger partial charge in [0.15, 0.2) is 0 Å². The minimum absolute atomic E-state index is 0.472. The summed E-state index contributed by atoms with van der Waals surface area (Å²) < 4.78 is 38.8. The molecule has 0 bridgehead atoms. The molecule has 0 aliphatic rings. The van der Waals surface area contributed by atoms with Crippen LogP contribution in [0.15, 0.2) is 30.3 Å². The molecule has 112 valence electrons. The van der Waals surface area contributed by atoms with E-state index in [1.54, 1.807) is 24.3 Å². The molecule has 0 heterocycles. The number of hydrogen-bond donors (Lipinski definition) is 0. The first-order chi connectivity index (χ1) is 9.28. The molecule has 0 spiro atoms. The Bertz CT molecular complexity index is 468. The SMILES string of the molecule is CC[Si](CC)(CC)/C(=C/C(F)(F)F)c1cccc(Cl)c1. The Labute approximate surface area is 124 Å². The van der Waals surface area contributed by atoms with Crippen molar-refractivity contribution < 1.29 is 13.2 Å². The van der Waals surface area contributed by atoms with Crippen LogP contribution in [0, 0.1) is 0 Å². The van der Waals surface area contributed by atoms with E-state index in [2.05, 4.69) is 0 Å². The van der Waals surface area contributed by atoms with E-state index in [0.29, 0.717) is 21.9 Å². The fourth-order valence-electron chi connectivity index (χ4n) is 2.68. The summed E-state index contributed by atoms with van der Waals surface area (Å²) >= 11 is 5.95. The van der Waals surface area contributed by atoms with E-state index in [9.17, 15) is 13.2 Å². The van der Waals surface area contributed by atoms with Crippen LogP contribution in [0.1, 0.15) is 26.3 Å². The number of rotatable bonds is 5. The Kier molecular flexibility index (Phi) is 5.89. The Morgan fingerprint density at radius 1 is 1.15 bits per heavy atom. The molecule has 20 heavy (non-hydrogen) atoms. The van der Waals surface area contributed by atoms with Gasteiger partial charge in [0.2, 0.25) is 0 Å².